The van der Waals surface area contributed by atoms with E-state index < -0.39 is 5.97 Å². The maximum atomic E-state index is 13.2. The number of halogens is 2. The third kappa shape index (κ3) is 4.06. The summed E-state index contributed by atoms with van der Waals surface area (Å²) >= 11 is 3.21. The van der Waals surface area contributed by atoms with Crippen LogP contribution in [0.1, 0.15) is 11.1 Å². The van der Waals surface area contributed by atoms with Crippen LogP contribution in [0.4, 0.5) is 4.39 Å². The number of para-hydroxylation sites is 1. The highest BCUT2D eigenvalue weighted by Crippen LogP contribution is 2.21. The molecule has 0 saturated heterocycles. The summed E-state index contributed by atoms with van der Waals surface area (Å²) in [4.78, 5) is 10.8. The van der Waals surface area contributed by atoms with Crippen LogP contribution in [0.2, 0.25) is 0 Å². The van der Waals surface area contributed by atoms with Gasteiger partial charge in [-0.2, -0.15) is 0 Å². The molecule has 0 heterocycles. The Morgan fingerprint density at radius 3 is 2.70 bits per heavy atom. The predicted octanol–water partition coefficient (Wildman–Crippen LogP) is 3.79. The average molecular weight is 339 g/mol. The minimum Gasteiger partial charge on any atom is -0.489 e. The smallest absolute Gasteiger partial charge is 0.307 e. The number of carbonyl (C=O) groups is 1. The molecular formula is C15H12BrFO3. The molecule has 0 aliphatic carbocycles. The Kier molecular flexibility index (Phi) is 4.74. The summed E-state index contributed by atoms with van der Waals surface area (Å²) in [6, 6.07) is 11.4. The third-order valence-electron chi connectivity index (χ3n) is 2.63. The molecule has 5 heteroatoms. The van der Waals surface area contributed by atoms with Gasteiger partial charge in [0.05, 0.1) is 6.42 Å². The largest absolute Gasteiger partial charge is 0.489 e. The van der Waals surface area contributed by atoms with Gasteiger partial charge in [-0.3, -0.25) is 4.79 Å². The lowest BCUT2D eigenvalue weighted by Crippen LogP contribution is -2.04. The van der Waals surface area contributed by atoms with Crippen LogP contribution in [0.25, 0.3) is 0 Å². The monoisotopic (exact) mass is 338 g/mol. The molecule has 20 heavy (non-hydrogen) atoms. The summed E-state index contributed by atoms with van der Waals surface area (Å²) in [5.41, 5.74) is 1.26. The molecule has 0 atom stereocenters. The van der Waals surface area contributed by atoms with E-state index in [1.807, 2.05) is 0 Å². The molecule has 2 aromatic carbocycles. The van der Waals surface area contributed by atoms with E-state index in [4.69, 9.17) is 9.84 Å². The van der Waals surface area contributed by atoms with Crippen molar-refractivity contribution in [2.24, 2.45) is 0 Å². The summed E-state index contributed by atoms with van der Waals surface area (Å²) in [5.74, 6) is -0.776. The Morgan fingerprint density at radius 1 is 1.25 bits per heavy atom. The molecule has 0 fully saturated rings. The Bertz CT molecular complexity index is 608. The zero-order chi connectivity index (χ0) is 14.5. The van der Waals surface area contributed by atoms with Gasteiger partial charge in [0.2, 0.25) is 0 Å². The summed E-state index contributed by atoms with van der Waals surface area (Å²) in [6.07, 6.45) is -0.108. The fourth-order valence-electron chi connectivity index (χ4n) is 1.81. The topological polar surface area (TPSA) is 46.5 Å². The van der Waals surface area contributed by atoms with Crippen LogP contribution in [-0.4, -0.2) is 11.1 Å². The van der Waals surface area contributed by atoms with Crippen LogP contribution >= 0.6 is 15.9 Å². The predicted molar refractivity (Wildman–Crippen MR) is 76.2 cm³/mol. The van der Waals surface area contributed by atoms with Gasteiger partial charge in [0.15, 0.2) is 0 Å². The first-order valence-electron chi connectivity index (χ1n) is 5.92. The van der Waals surface area contributed by atoms with Crippen molar-refractivity contribution in [3.05, 3.63) is 63.9 Å². The molecule has 0 aliphatic rings. The van der Waals surface area contributed by atoms with E-state index in [1.165, 1.54) is 12.1 Å². The van der Waals surface area contributed by atoms with Crippen LogP contribution in [0.5, 0.6) is 5.75 Å². The van der Waals surface area contributed by atoms with Crippen LogP contribution in [-0.2, 0) is 17.8 Å². The number of carboxylic acids is 1. The molecule has 0 bridgehead atoms. The van der Waals surface area contributed by atoms with Crippen LogP contribution < -0.4 is 4.74 Å². The van der Waals surface area contributed by atoms with E-state index in [0.717, 1.165) is 0 Å². The number of ether oxygens (including phenoxy) is 1. The number of hydrogen-bond acceptors (Lipinski definition) is 2. The second-order valence-corrected chi connectivity index (χ2v) is 5.16. The first-order chi connectivity index (χ1) is 9.54. The number of benzene rings is 2. The zero-order valence-corrected chi connectivity index (χ0v) is 12.1. The fraction of sp³-hybridized carbons (Fsp3) is 0.133. The van der Waals surface area contributed by atoms with E-state index in [-0.39, 0.29) is 18.8 Å². The van der Waals surface area contributed by atoms with Crippen molar-refractivity contribution in [1.82, 2.24) is 0 Å². The van der Waals surface area contributed by atoms with E-state index in [9.17, 15) is 9.18 Å². The number of rotatable bonds is 5. The van der Waals surface area contributed by atoms with E-state index in [2.05, 4.69) is 15.9 Å². The highest BCUT2D eigenvalue weighted by Gasteiger charge is 2.08. The van der Waals surface area contributed by atoms with Crippen molar-refractivity contribution < 1.29 is 19.0 Å². The molecule has 0 spiro atoms. The molecule has 0 saturated carbocycles. The van der Waals surface area contributed by atoms with E-state index in [0.29, 0.717) is 21.3 Å². The van der Waals surface area contributed by atoms with E-state index >= 15 is 0 Å². The van der Waals surface area contributed by atoms with Crippen molar-refractivity contribution >= 4 is 21.9 Å². The molecule has 3 nitrogen and oxygen atoms in total. The van der Waals surface area contributed by atoms with Gasteiger partial charge < -0.3 is 9.84 Å². The van der Waals surface area contributed by atoms with E-state index in [1.54, 1.807) is 30.3 Å². The van der Waals surface area contributed by atoms with Crippen molar-refractivity contribution in [2.45, 2.75) is 13.0 Å². The summed E-state index contributed by atoms with van der Waals surface area (Å²) in [5, 5.41) is 8.84. The minimum absolute atomic E-state index is 0.108. The normalized spacial score (nSPS) is 10.3. The van der Waals surface area contributed by atoms with Gasteiger partial charge in [0.25, 0.3) is 0 Å². The van der Waals surface area contributed by atoms with Crippen molar-refractivity contribution in [3.63, 3.8) is 0 Å². The first-order valence-corrected chi connectivity index (χ1v) is 6.71. The van der Waals surface area contributed by atoms with Gasteiger partial charge in [-0.1, -0.05) is 34.1 Å². The first kappa shape index (κ1) is 14.5. The number of carboxylic acid groups (broad SMARTS) is 1. The fourth-order valence-corrected chi connectivity index (χ4v) is 2.32. The molecular weight excluding hydrogens is 327 g/mol. The summed E-state index contributed by atoms with van der Waals surface area (Å²) < 4.78 is 19.5. The SMILES string of the molecule is O=C(O)Cc1ccccc1OCc1cc(F)cc(Br)c1. The Labute approximate surface area is 124 Å². The molecule has 1 N–H and O–H groups in total. The summed E-state index contributed by atoms with van der Waals surface area (Å²) in [7, 11) is 0. The molecule has 2 aromatic rings. The van der Waals surface area contributed by atoms with Gasteiger partial charge in [0.1, 0.15) is 18.2 Å². The lowest BCUT2D eigenvalue weighted by molar-refractivity contribution is -0.136. The number of aliphatic carboxylic acids is 1. The van der Waals surface area contributed by atoms with Gasteiger partial charge in [-0.05, 0) is 29.8 Å². The molecule has 0 amide bonds. The highest BCUT2D eigenvalue weighted by molar-refractivity contribution is 9.10. The van der Waals surface area contributed by atoms with Crippen LogP contribution in [0, 0.1) is 5.82 Å². The molecule has 0 unspecified atom stereocenters. The van der Waals surface area contributed by atoms with Gasteiger partial charge in [-0.15, -0.1) is 0 Å². The lowest BCUT2D eigenvalue weighted by atomic mass is 10.1. The van der Waals surface area contributed by atoms with Crippen LogP contribution in [0.3, 0.4) is 0 Å². The van der Waals surface area contributed by atoms with Gasteiger partial charge >= 0.3 is 5.97 Å². The Balaban J connectivity index is 2.12. The van der Waals surface area contributed by atoms with Crippen molar-refractivity contribution in [3.8, 4) is 5.75 Å². The van der Waals surface area contributed by atoms with Crippen molar-refractivity contribution in [2.75, 3.05) is 0 Å². The third-order valence-corrected chi connectivity index (χ3v) is 3.09. The standard InChI is InChI=1S/C15H12BrFO3/c16-12-5-10(6-13(17)8-12)9-20-14-4-2-1-3-11(14)7-15(18)19/h1-6,8H,7,9H2,(H,18,19). The average Bonchev–Trinajstić information content (AvgIpc) is 2.36. The quantitative estimate of drug-likeness (QED) is 0.901. The second kappa shape index (κ2) is 6.52. The molecule has 0 aliphatic heterocycles. The minimum atomic E-state index is -0.922. The highest BCUT2D eigenvalue weighted by atomic mass is 79.9. The van der Waals surface area contributed by atoms with Crippen molar-refractivity contribution in [1.29, 1.82) is 0 Å². The molecule has 0 aromatic heterocycles. The van der Waals surface area contributed by atoms with Gasteiger partial charge in [0, 0.05) is 10.0 Å². The maximum Gasteiger partial charge on any atom is 0.307 e. The van der Waals surface area contributed by atoms with Crippen LogP contribution in [0.15, 0.2) is 46.9 Å². The molecule has 0 radical (unpaired) electrons. The Morgan fingerprint density at radius 2 is 2.00 bits per heavy atom. The number of hydrogen-bond donors (Lipinski definition) is 1. The second-order valence-electron chi connectivity index (χ2n) is 4.24. The summed E-state index contributed by atoms with van der Waals surface area (Å²) in [6.45, 7) is 0.174. The molecule has 104 valence electrons. The van der Waals surface area contributed by atoms with Gasteiger partial charge in [-0.25, -0.2) is 4.39 Å². The Hall–Kier alpha value is -1.88. The lowest BCUT2D eigenvalue weighted by Gasteiger charge is -2.10. The molecule has 2 rings (SSSR count). The maximum absolute atomic E-state index is 13.2. The zero-order valence-electron chi connectivity index (χ0n) is 10.5.